The predicted molar refractivity (Wildman–Crippen MR) is 198 cm³/mol. The highest BCUT2D eigenvalue weighted by atomic mass is 79.9. The molecule has 0 fully saturated rings. The van der Waals surface area contributed by atoms with Gasteiger partial charge in [-0.15, -0.1) is 0 Å². The molecule has 0 aromatic carbocycles. The maximum Gasteiger partial charge on any atom is 0.206 e. The Kier molecular flexibility index (Phi) is 37.1. The number of nitrogens with one attached hydrogen (secondary N) is 2. The molecular formula is C37H65BrN4O. The van der Waals surface area contributed by atoms with Crippen molar-refractivity contribution in [1.82, 2.24) is 20.4 Å². The van der Waals surface area contributed by atoms with E-state index in [4.69, 9.17) is 4.79 Å². The average Bonchev–Trinajstić information content (AvgIpc) is 3.38. The molecule has 0 saturated carbocycles. The Morgan fingerprint density at radius 2 is 1.67 bits per heavy atom. The number of nitrogens with zero attached hydrogens (tertiary/aromatic N) is 2. The molecule has 2 atom stereocenters. The van der Waals surface area contributed by atoms with Crippen LogP contribution in [0.15, 0.2) is 94.7 Å². The number of amides is 1. The van der Waals surface area contributed by atoms with E-state index in [-0.39, 0.29) is 6.17 Å². The summed E-state index contributed by atoms with van der Waals surface area (Å²) in [6, 6.07) is 0. The molecule has 2 unspecified atom stereocenters. The maximum absolute atomic E-state index is 9.06. The Morgan fingerprint density at radius 1 is 1.09 bits per heavy atom. The van der Waals surface area contributed by atoms with Crippen LogP contribution in [0.1, 0.15) is 107 Å². The lowest BCUT2D eigenvalue weighted by atomic mass is 9.91. The molecule has 5 nitrogen and oxygen atoms in total. The molecule has 0 spiro atoms. The van der Waals surface area contributed by atoms with Crippen molar-refractivity contribution >= 4 is 22.3 Å². The van der Waals surface area contributed by atoms with Crippen molar-refractivity contribution in [3.8, 4) is 0 Å². The Hall–Kier alpha value is -2.70. The summed E-state index contributed by atoms with van der Waals surface area (Å²) in [5.41, 5.74) is 5.92. The summed E-state index contributed by atoms with van der Waals surface area (Å²) in [6.07, 6.45) is 22.8. The van der Waals surface area contributed by atoms with Gasteiger partial charge in [-0.25, -0.2) is 4.68 Å². The quantitative estimate of drug-likeness (QED) is 0.154. The average molecular weight is 662 g/mol. The number of allylic oxidation sites excluding steroid dienone is 11. The van der Waals surface area contributed by atoms with Crippen molar-refractivity contribution < 1.29 is 4.79 Å². The molecule has 1 amide bonds. The summed E-state index contributed by atoms with van der Waals surface area (Å²) in [5.74, 6) is 0.774. The van der Waals surface area contributed by atoms with Crippen molar-refractivity contribution in [3.63, 3.8) is 0 Å². The van der Waals surface area contributed by atoms with Crippen LogP contribution in [0.2, 0.25) is 0 Å². The van der Waals surface area contributed by atoms with Gasteiger partial charge in [0, 0.05) is 7.05 Å². The van der Waals surface area contributed by atoms with E-state index in [1.54, 1.807) is 13.1 Å². The predicted octanol–water partition coefficient (Wildman–Crippen LogP) is 11.0. The van der Waals surface area contributed by atoms with Gasteiger partial charge >= 0.3 is 0 Å². The van der Waals surface area contributed by atoms with Crippen molar-refractivity contribution in [2.45, 2.75) is 109 Å². The first-order valence-corrected chi connectivity index (χ1v) is 16.6. The molecule has 1 aromatic heterocycles. The molecular weight excluding hydrogens is 596 g/mol. The van der Waals surface area contributed by atoms with Crippen LogP contribution in [-0.4, -0.2) is 29.8 Å². The number of carbonyl (C=O) groups is 1. The van der Waals surface area contributed by atoms with Crippen LogP contribution in [0, 0.1) is 12.8 Å². The van der Waals surface area contributed by atoms with Crippen LogP contribution < -0.4 is 10.6 Å². The van der Waals surface area contributed by atoms with E-state index >= 15 is 0 Å². The van der Waals surface area contributed by atoms with Crippen LogP contribution >= 0.6 is 15.9 Å². The number of hydrogen-bond donors (Lipinski definition) is 2. The largest absolute Gasteiger partial charge is 0.362 e. The Labute approximate surface area is 275 Å². The highest BCUT2D eigenvalue weighted by Gasteiger charge is 2.11. The van der Waals surface area contributed by atoms with Gasteiger partial charge in [0.2, 0.25) is 6.41 Å². The summed E-state index contributed by atoms with van der Waals surface area (Å²) >= 11 is 3.51. The van der Waals surface area contributed by atoms with Gasteiger partial charge in [0.05, 0.1) is 16.4 Å². The van der Waals surface area contributed by atoms with Gasteiger partial charge in [-0.05, 0) is 104 Å². The summed E-state index contributed by atoms with van der Waals surface area (Å²) in [6.45, 7) is 33.7. The first-order valence-electron chi connectivity index (χ1n) is 15.8. The molecule has 6 heteroatoms. The molecule has 0 aliphatic heterocycles. The summed E-state index contributed by atoms with van der Waals surface area (Å²) in [5, 5.41) is 10.1. The van der Waals surface area contributed by atoms with E-state index in [0.717, 1.165) is 33.8 Å². The van der Waals surface area contributed by atoms with Gasteiger partial charge in [0.15, 0.2) is 0 Å². The van der Waals surface area contributed by atoms with Crippen LogP contribution in [0.5, 0.6) is 0 Å². The van der Waals surface area contributed by atoms with E-state index in [2.05, 4.69) is 118 Å². The van der Waals surface area contributed by atoms with Crippen molar-refractivity contribution in [2.24, 2.45) is 5.92 Å². The molecule has 1 rings (SSSR count). The third kappa shape index (κ3) is 22.5. The fourth-order valence-corrected chi connectivity index (χ4v) is 3.94. The van der Waals surface area contributed by atoms with E-state index in [0.29, 0.717) is 6.41 Å². The van der Waals surface area contributed by atoms with Gasteiger partial charge in [0.1, 0.15) is 6.17 Å². The van der Waals surface area contributed by atoms with Gasteiger partial charge in [-0.1, -0.05) is 111 Å². The number of halogens is 1. The second-order valence-corrected chi connectivity index (χ2v) is 9.76. The standard InChI is InChI=1S/C19H26BrN3.C12H22.C2H5NO.2C2H6/c1-7-9-10-14(3)16(5)15(4)11-12-19(21-8-2)23-17(6)18(20)13-22-23;1-5-9-11(7-3)12(8-4)10-6-2;1-3-2-4;2*1-2/h7,9-13,19,21H,1,4,8H2,2-3,5-6H3;5,7,9,12H,6,8,10H2,1-4H3;2H,1H3,(H,3,4);2*1-2H3/b10-9-,12-11?,16-14+;9-5-,11-7+;;;. The number of aromatic nitrogens is 2. The maximum atomic E-state index is 9.06. The van der Waals surface area contributed by atoms with Crippen LogP contribution in [0.25, 0.3) is 0 Å². The summed E-state index contributed by atoms with van der Waals surface area (Å²) in [4.78, 5) is 9.06. The first kappa shape index (κ1) is 47.2. The van der Waals surface area contributed by atoms with Gasteiger partial charge in [-0.3, -0.25) is 10.1 Å². The molecule has 0 saturated heterocycles. The third-order valence-electron chi connectivity index (χ3n) is 6.11. The molecule has 1 aromatic rings. The highest BCUT2D eigenvalue weighted by molar-refractivity contribution is 9.10. The van der Waals surface area contributed by atoms with Crippen LogP contribution in [0.4, 0.5) is 0 Å². The van der Waals surface area contributed by atoms with E-state index in [9.17, 15) is 0 Å². The number of likely N-dealkylation sites (N-methyl/N-ethyl adjacent to an activating group) is 1. The molecule has 0 bridgehead atoms. The molecule has 246 valence electrons. The fourth-order valence-electron chi connectivity index (χ4n) is 3.67. The first-order chi connectivity index (χ1) is 20.6. The van der Waals surface area contributed by atoms with E-state index in [1.165, 1.54) is 30.4 Å². The smallest absolute Gasteiger partial charge is 0.206 e. The Bertz CT molecular complexity index is 996. The molecule has 0 aliphatic carbocycles. The number of carbonyl (C=O) groups excluding carboxylic acids is 1. The lowest BCUT2D eigenvalue weighted by molar-refractivity contribution is -0.109. The third-order valence-corrected chi connectivity index (χ3v) is 6.89. The summed E-state index contributed by atoms with van der Waals surface area (Å²) < 4.78 is 2.97. The zero-order chi connectivity index (χ0) is 34.2. The van der Waals surface area contributed by atoms with E-state index in [1.807, 2.05) is 63.7 Å². The van der Waals surface area contributed by atoms with Gasteiger partial charge in [-0.2, -0.15) is 5.10 Å². The molecule has 1 heterocycles. The minimum atomic E-state index is -0.000117. The SMILES string of the molecule is C/C=C\C(=C/C)C(CC)CCC.C=C/C=C\C(C)=C(/C)C(=C)C=CC(NCC)n1ncc(Br)c1C.CC.CC.CNC=O. The molecule has 43 heavy (non-hydrogen) atoms. The number of rotatable bonds is 14. The lowest BCUT2D eigenvalue weighted by Crippen LogP contribution is -2.26. The van der Waals surface area contributed by atoms with Crippen LogP contribution in [0.3, 0.4) is 0 Å². The second-order valence-electron chi connectivity index (χ2n) is 8.90. The Balaban J connectivity index is -0.000000318. The van der Waals surface area contributed by atoms with Crippen LogP contribution in [-0.2, 0) is 4.79 Å². The second kappa shape index (κ2) is 33.8. The lowest BCUT2D eigenvalue weighted by Gasteiger charge is -2.17. The van der Waals surface area contributed by atoms with Gasteiger partial charge < -0.3 is 5.32 Å². The Morgan fingerprint density at radius 3 is 2.05 bits per heavy atom. The van der Waals surface area contributed by atoms with Gasteiger partial charge in [0.25, 0.3) is 0 Å². The topological polar surface area (TPSA) is 59.0 Å². The zero-order valence-electron chi connectivity index (χ0n) is 29.9. The molecule has 0 radical (unpaired) electrons. The zero-order valence-corrected chi connectivity index (χ0v) is 31.4. The fraction of sp³-hybridized carbons (Fsp3) is 0.514. The highest BCUT2D eigenvalue weighted by Crippen LogP contribution is 2.22. The van der Waals surface area contributed by atoms with Crippen molar-refractivity contribution in [3.05, 3.63) is 100 Å². The monoisotopic (exact) mass is 660 g/mol. The normalized spacial score (nSPS) is 12.7. The van der Waals surface area contributed by atoms with Crippen molar-refractivity contribution in [2.75, 3.05) is 13.6 Å². The minimum Gasteiger partial charge on any atom is -0.362 e. The van der Waals surface area contributed by atoms with Crippen molar-refractivity contribution in [1.29, 1.82) is 0 Å². The minimum absolute atomic E-state index is 0.000117. The van der Waals surface area contributed by atoms with E-state index < -0.39 is 0 Å². The molecule has 2 N–H and O–H groups in total. The summed E-state index contributed by atoms with van der Waals surface area (Å²) in [7, 11) is 1.56. The number of hydrogen-bond acceptors (Lipinski definition) is 3. The molecule has 0 aliphatic rings.